The highest BCUT2D eigenvalue weighted by Gasteiger charge is 2.21. The molecule has 1 aliphatic heterocycles. The molecule has 0 atom stereocenters. The normalized spacial score (nSPS) is 15.6. The van der Waals surface area contributed by atoms with Gasteiger partial charge in [-0.05, 0) is 26.0 Å². The molecule has 1 saturated heterocycles. The molecule has 1 aromatic carbocycles. The van der Waals surface area contributed by atoms with Crippen LogP contribution in [0.2, 0.25) is 5.02 Å². The van der Waals surface area contributed by atoms with Crippen LogP contribution >= 0.6 is 11.6 Å². The first kappa shape index (κ1) is 20.0. The van der Waals surface area contributed by atoms with Crippen molar-refractivity contribution in [2.24, 2.45) is 15.7 Å². The van der Waals surface area contributed by atoms with Crippen molar-refractivity contribution in [1.82, 2.24) is 9.97 Å². The first-order chi connectivity index (χ1) is 13.5. The quantitative estimate of drug-likeness (QED) is 0.605. The Bertz CT molecular complexity index is 903. The van der Waals surface area contributed by atoms with Crippen molar-refractivity contribution in [3.63, 3.8) is 0 Å². The van der Waals surface area contributed by atoms with E-state index < -0.39 is 0 Å². The van der Waals surface area contributed by atoms with E-state index in [-0.39, 0.29) is 0 Å². The fraction of sp³-hybridized carbons (Fsp3) is 0.368. The van der Waals surface area contributed by atoms with Gasteiger partial charge in [0, 0.05) is 31.3 Å². The van der Waals surface area contributed by atoms with E-state index in [1.807, 2.05) is 31.2 Å². The lowest BCUT2D eigenvalue weighted by atomic mass is 10.2. The van der Waals surface area contributed by atoms with Crippen LogP contribution in [0.25, 0.3) is 11.4 Å². The second-order valence-electron chi connectivity index (χ2n) is 6.35. The van der Waals surface area contributed by atoms with Gasteiger partial charge in [0.15, 0.2) is 5.82 Å². The van der Waals surface area contributed by atoms with Crippen molar-refractivity contribution < 1.29 is 4.74 Å². The predicted octanol–water partition coefficient (Wildman–Crippen LogP) is 2.72. The number of amidine groups is 1. The van der Waals surface area contributed by atoms with E-state index in [1.54, 1.807) is 14.0 Å². The summed E-state index contributed by atoms with van der Waals surface area (Å²) in [5.41, 5.74) is 7.36. The van der Waals surface area contributed by atoms with Gasteiger partial charge in [-0.1, -0.05) is 23.7 Å². The number of nitrogens with zero attached hydrogens (tertiary/aromatic N) is 5. The topological polar surface area (TPSA) is 101 Å². The summed E-state index contributed by atoms with van der Waals surface area (Å²) in [6, 6.07) is 7.51. The summed E-state index contributed by atoms with van der Waals surface area (Å²) in [6.45, 7) is 6.50. The first-order valence-corrected chi connectivity index (χ1v) is 9.38. The molecule has 28 heavy (non-hydrogen) atoms. The number of hydrogen-bond donors (Lipinski definition) is 2. The van der Waals surface area contributed by atoms with Crippen LogP contribution in [0.4, 0.5) is 11.6 Å². The summed E-state index contributed by atoms with van der Waals surface area (Å²) in [4.78, 5) is 20.1. The van der Waals surface area contributed by atoms with Crippen molar-refractivity contribution in [2.75, 3.05) is 43.6 Å². The molecule has 3 rings (SSSR count). The van der Waals surface area contributed by atoms with E-state index in [0.717, 1.165) is 30.0 Å². The lowest BCUT2D eigenvalue weighted by Crippen LogP contribution is -2.37. The smallest absolute Gasteiger partial charge is 0.225 e. The Balaban J connectivity index is 2.10. The number of rotatable bonds is 3. The van der Waals surface area contributed by atoms with E-state index in [9.17, 15) is 0 Å². The van der Waals surface area contributed by atoms with Crippen molar-refractivity contribution in [3.05, 3.63) is 34.9 Å². The Hall–Kier alpha value is -2.71. The molecule has 0 saturated carbocycles. The van der Waals surface area contributed by atoms with Gasteiger partial charge in [0.25, 0.3) is 0 Å². The van der Waals surface area contributed by atoms with Crippen LogP contribution < -0.4 is 16.0 Å². The highest BCUT2D eigenvalue weighted by molar-refractivity contribution is 6.33. The lowest BCUT2D eigenvalue weighted by molar-refractivity contribution is 0.122. The second-order valence-corrected chi connectivity index (χ2v) is 6.76. The molecule has 1 aromatic heterocycles. The maximum absolute atomic E-state index is 6.39. The van der Waals surface area contributed by atoms with Gasteiger partial charge in [-0.2, -0.15) is 0 Å². The van der Waals surface area contributed by atoms with Crippen LogP contribution in [-0.4, -0.2) is 55.1 Å². The first-order valence-electron chi connectivity index (χ1n) is 9.00. The molecular formula is C19H24ClN7O. The molecule has 1 fully saturated rings. The van der Waals surface area contributed by atoms with Gasteiger partial charge in [0.1, 0.15) is 11.6 Å². The molecule has 0 aliphatic carbocycles. The fourth-order valence-electron chi connectivity index (χ4n) is 2.88. The third-order valence-electron chi connectivity index (χ3n) is 4.27. The number of aliphatic imine (C=N–C) groups is 2. The average Bonchev–Trinajstić information content (AvgIpc) is 2.69. The highest BCUT2D eigenvalue weighted by atomic mass is 35.5. The molecule has 148 valence electrons. The fourth-order valence-corrected chi connectivity index (χ4v) is 3.10. The molecule has 0 spiro atoms. The van der Waals surface area contributed by atoms with Crippen molar-refractivity contribution in [1.29, 1.82) is 0 Å². The minimum atomic E-state index is 0.375. The molecule has 0 amide bonds. The number of benzene rings is 1. The Morgan fingerprint density at radius 1 is 1.25 bits per heavy atom. The molecular weight excluding hydrogens is 378 g/mol. The third-order valence-corrected chi connectivity index (χ3v) is 4.60. The van der Waals surface area contributed by atoms with E-state index >= 15 is 0 Å². The Labute approximate surface area is 169 Å². The summed E-state index contributed by atoms with van der Waals surface area (Å²) >= 11 is 6.39. The largest absolute Gasteiger partial charge is 0.387 e. The van der Waals surface area contributed by atoms with Crippen LogP contribution in [-0.2, 0) is 4.74 Å². The monoisotopic (exact) mass is 401 g/mol. The number of anilines is 2. The number of ether oxygens (including phenoxy) is 1. The minimum absolute atomic E-state index is 0.375. The summed E-state index contributed by atoms with van der Waals surface area (Å²) < 4.78 is 5.48. The summed E-state index contributed by atoms with van der Waals surface area (Å²) in [5, 5.41) is 3.76. The number of nitrogens with two attached hydrogens (primary N) is 1. The standard InChI is InChI=1S/C19H24ClN7O/c1-12-16(26-19(22-3)23-13(2)21)24-17(14-6-4-5-7-15(14)20)25-18(12)27-8-10-28-11-9-27/h4-7H,8-11H2,1-3H3,(H3,21,22,23,24,25,26). The number of aromatic nitrogens is 2. The molecule has 1 aliphatic rings. The molecule has 0 bridgehead atoms. The Morgan fingerprint density at radius 3 is 2.61 bits per heavy atom. The lowest BCUT2D eigenvalue weighted by Gasteiger charge is -2.30. The van der Waals surface area contributed by atoms with Crippen LogP contribution in [0.15, 0.2) is 34.3 Å². The van der Waals surface area contributed by atoms with Crippen LogP contribution in [0.1, 0.15) is 12.5 Å². The van der Waals surface area contributed by atoms with Gasteiger partial charge in [0.05, 0.1) is 24.1 Å². The van der Waals surface area contributed by atoms with Crippen molar-refractivity contribution in [3.8, 4) is 11.4 Å². The zero-order valence-electron chi connectivity index (χ0n) is 16.2. The van der Waals surface area contributed by atoms with Gasteiger partial charge in [-0.3, -0.25) is 4.99 Å². The molecule has 0 radical (unpaired) electrons. The molecule has 3 N–H and O–H groups in total. The van der Waals surface area contributed by atoms with Crippen LogP contribution in [0, 0.1) is 6.92 Å². The molecule has 2 aromatic rings. The summed E-state index contributed by atoms with van der Waals surface area (Å²) in [7, 11) is 1.64. The average molecular weight is 402 g/mol. The third kappa shape index (κ3) is 4.58. The van der Waals surface area contributed by atoms with E-state index in [0.29, 0.717) is 41.7 Å². The van der Waals surface area contributed by atoms with Gasteiger partial charge in [0.2, 0.25) is 5.96 Å². The molecule has 2 heterocycles. The zero-order valence-corrected chi connectivity index (χ0v) is 17.0. The van der Waals surface area contributed by atoms with Crippen LogP contribution in [0.3, 0.4) is 0 Å². The van der Waals surface area contributed by atoms with E-state index in [2.05, 4.69) is 20.2 Å². The second kappa shape index (κ2) is 8.99. The molecule has 0 unspecified atom stereocenters. The number of morpholine rings is 1. The molecule has 8 nitrogen and oxygen atoms in total. The number of hydrogen-bond acceptors (Lipinski definition) is 5. The minimum Gasteiger partial charge on any atom is -0.387 e. The van der Waals surface area contributed by atoms with Gasteiger partial charge < -0.3 is 20.7 Å². The summed E-state index contributed by atoms with van der Waals surface area (Å²) in [6.07, 6.45) is 0. The number of guanidine groups is 1. The van der Waals surface area contributed by atoms with E-state index in [4.69, 9.17) is 32.0 Å². The maximum atomic E-state index is 6.39. The molecule has 9 heteroatoms. The summed E-state index contributed by atoms with van der Waals surface area (Å²) in [5.74, 6) is 2.75. The number of halogens is 1. The maximum Gasteiger partial charge on any atom is 0.225 e. The Kier molecular flexibility index (Phi) is 6.43. The van der Waals surface area contributed by atoms with Crippen molar-refractivity contribution in [2.45, 2.75) is 13.8 Å². The predicted molar refractivity (Wildman–Crippen MR) is 115 cm³/mol. The SMILES string of the molecule is CN=C(/N=C(/C)N)Nc1nc(-c2ccccc2Cl)nc(N2CCOCC2)c1C. The van der Waals surface area contributed by atoms with Gasteiger partial charge in [-0.25, -0.2) is 15.0 Å². The van der Waals surface area contributed by atoms with E-state index in [1.165, 1.54) is 0 Å². The van der Waals surface area contributed by atoms with Gasteiger partial charge >= 0.3 is 0 Å². The van der Waals surface area contributed by atoms with Gasteiger partial charge in [-0.15, -0.1) is 0 Å². The number of nitrogens with one attached hydrogen (secondary N) is 1. The highest BCUT2D eigenvalue weighted by Crippen LogP contribution is 2.31. The zero-order chi connectivity index (χ0) is 20.1. The van der Waals surface area contributed by atoms with Crippen LogP contribution in [0.5, 0.6) is 0 Å². The Morgan fingerprint density at radius 2 is 1.96 bits per heavy atom. The van der Waals surface area contributed by atoms with Crippen molar-refractivity contribution >= 4 is 35.0 Å².